The van der Waals surface area contributed by atoms with Crippen LogP contribution in [0.15, 0.2) is 24.3 Å². The van der Waals surface area contributed by atoms with Crippen molar-refractivity contribution in [3.63, 3.8) is 0 Å². The molecule has 0 radical (unpaired) electrons. The van der Waals surface area contributed by atoms with Crippen LogP contribution in [0, 0.1) is 11.8 Å². The van der Waals surface area contributed by atoms with Crippen molar-refractivity contribution in [2.45, 2.75) is 58.5 Å². The van der Waals surface area contributed by atoms with E-state index in [1.54, 1.807) is 0 Å². The molecular formula is C17H26ClN. The molecule has 2 rings (SSSR count). The predicted molar refractivity (Wildman–Crippen MR) is 83.6 cm³/mol. The second kappa shape index (κ2) is 6.76. The highest BCUT2D eigenvalue weighted by Gasteiger charge is 2.24. The Morgan fingerprint density at radius 3 is 2.11 bits per heavy atom. The number of hydrogen-bond acceptors (Lipinski definition) is 1. The predicted octanol–water partition coefficient (Wildman–Crippen LogP) is 5.21. The van der Waals surface area contributed by atoms with Crippen LogP contribution in [0.3, 0.4) is 0 Å². The lowest BCUT2D eigenvalue weighted by Gasteiger charge is -2.33. The molecule has 0 spiro atoms. The molecule has 0 aromatic heterocycles. The standard InChI is InChI=1S/C17H26ClN/c1-12(2)14-6-10-17(11-7-14)19-13(3)15-4-8-16(18)9-5-15/h4-5,8-9,12-14,17,19H,6-7,10-11H2,1-3H3. The van der Waals surface area contributed by atoms with E-state index in [-0.39, 0.29) is 0 Å². The molecule has 1 N–H and O–H groups in total. The molecule has 19 heavy (non-hydrogen) atoms. The summed E-state index contributed by atoms with van der Waals surface area (Å²) >= 11 is 5.93. The van der Waals surface area contributed by atoms with Crippen molar-refractivity contribution >= 4 is 11.6 Å². The van der Waals surface area contributed by atoms with Crippen LogP contribution in [0.25, 0.3) is 0 Å². The third-order valence-electron chi connectivity index (χ3n) is 4.57. The Balaban J connectivity index is 1.83. The van der Waals surface area contributed by atoms with Gasteiger partial charge in [0.15, 0.2) is 0 Å². The van der Waals surface area contributed by atoms with Crippen molar-refractivity contribution in [3.8, 4) is 0 Å². The topological polar surface area (TPSA) is 12.0 Å². The second-order valence-corrected chi connectivity index (χ2v) is 6.73. The first kappa shape index (κ1) is 14.9. The molecule has 1 aliphatic rings. The first-order valence-corrected chi connectivity index (χ1v) is 7.95. The van der Waals surface area contributed by atoms with Crippen molar-refractivity contribution in [2.24, 2.45) is 11.8 Å². The van der Waals surface area contributed by atoms with Gasteiger partial charge in [-0.25, -0.2) is 0 Å². The molecule has 1 atom stereocenters. The van der Waals surface area contributed by atoms with E-state index in [0.29, 0.717) is 12.1 Å². The van der Waals surface area contributed by atoms with Crippen LogP contribution in [0.2, 0.25) is 5.02 Å². The Kier molecular flexibility index (Phi) is 5.29. The first-order chi connectivity index (χ1) is 9.06. The maximum atomic E-state index is 5.93. The van der Waals surface area contributed by atoms with Crippen molar-refractivity contribution in [2.75, 3.05) is 0 Å². The van der Waals surface area contributed by atoms with Crippen LogP contribution in [0.5, 0.6) is 0 Å². The van der Waals surface area contributed by atoms with Gasteiger partial charge < -0.3 is 5.32 Å². The van der Waals surface area contributed by atoms with Crippen LogP contribution in [0.4, 0.5) is 0 Å². The number of halogens is 1. The summed E-state index contributed by atoms with van der Waals surface area (Å²) in [6, 6.07) is 9.30. The fraction of sp³-hybridized carbons (Fsp3) is 0.647. The third kappa shape index (κ3) is 4.22. The maximum absolute atomic E-state index is 5.93. The fourth-order valence-corrected chi connectivity index (χ4v) is 3.28. The SMILES string of the molecule is CC(NC1CCC(C(C)C)CC1)c1ccc(Cl)cc1. The van der Waals surface area contributed by atoms with Gasteiger partial charge in [-0.15, -0.1) is 0 Å². The smallest absolute Gasteiger partial charge is 0.0406 e. The molecule has 1 aromatic carbocycles. The number of nitrogens with one attached hydrogen (secondary N) is 1. The highest BCUT2D eigenvalue weighted by molar-refractivity contribution is 6.30. The van der Waals surface area contributed by atoms with E-state index in [4.69, 9.17) is 11.6 Å². The molecule has 0 saturated heterocycles. The number of benzene rings is 1. The Morgan fingerprint density at radius 2 is 1.58 bits per heavy atom. The van der Waals surface area contributed by atoms with Gasteiger partial charge in [-0.2, -0.15) is 0 Å². The molecule has 1 saturated carbocycles. The number of rotatable bonds is 4. The Labute approximate surface area is 122 Å². The molecule has 1 fully saturated rings. The summed E-state index contributed by atoms with van der Waals surface area (Å²) in [5.74, 6) is 1.78. The van der Waals surface area contributed by atoms with Crippen LogP contribution in [-0.4, -0.2) is 6.04 Å². The van der Waals surface area contributed by atoms with E-state index in [0.717, 1.165) is 16.9 Å². The minimum Gasteiger partial charge on any atom is -0.307 e. The molecule has 1 aromatic rings. The average Bonchev–Trinajstić information content (AvgIpc) is 2.40. The minimum atomic E-state index is 0.415. The van der Waals surface area contributed by atoms with Crippen molar-refractivity contribution in [1.29, 1.82) is 0 Å². The molecule has 0 heterocycles. The van der Waals surface area contributed by atoms with Gasteiger partial charge in [0, 0.05) is 17.1 Å². The first-order valence-electron chi connectivity index (χ1n) is 7.57. The lowest BCUT2D eigenvalue weighted by molar-refractivity contribution is 0.231. The lowest BCUT2D eigenvalue weighted by Crippen LogP contribution is -2.35. The quantitative estimate of drug-likeness (QED) is 0.798. The summed E-state index contributed by atoms with van der Waals surface area (Å²) in [6.07, 6.45) is 5.40. The molecular weight excluding hydrogens is 254 g/mol. The van der Waals surface area contributed by atoms with Gasteiger partial charge in [-0.1, -0.05) is 37.6 Å². The van der Waals surface area contributed by atoms with E-state index in [1.807, 2.05) is 12.1 Å². The fourth-order valence-electron chi connectivity index (χ4n) is 3.15. The Hall–Kier alpha value is -0.530. The maximum Gasteiger partial charge on any atom is 0.0406 e. The largest absolute Gasteiger partial charge is 0.307 e. The van der Waals surface area contributed by atoms with E-state index in [9.17, 15) is 0 Å². The summed E-state index contributed by atoms with van der Waals surface area (Å²) in [5, 5.41) is 4.58. The molecule has 1 aliphatic carbocycles. The Morgan fingerprint density at radius 1 is 1.00 bits per heavy atom. The lowest BCUT2D eigenvalue weighted by atomic mass is 9.79. The molecule has 1 nitrogen and oxygen atoms in total. The van der Waals surface area contributed by atoms with Crippen molar-refractivity contribution in [3.05, 3.63) is 34.9 Å². The Bertz CT molecular complexity index is 377. The summed E-state index contributed by atoms with van der Waals surface area (Å²) in [6.45, 7) is 6.96. The molecule has 2 heteroatoms. The van der Waals surface area contributed by atoms with E-state index in [2.05, 4.69) is 38.2 Å². The third-order valence-corrected chi connectivity index (χ3v) is 4.82. The van der Waals surface area contributed by atoms with E-state index in [1.165, 1.54) is 31.2 Å². The van der Waals surface area contributed by atoms with E-state index < -0.39 is 0 Å². The molecule has 106 valence electrons. The summed E-state index contributed by atoms with van der Waals surface area (Å²) in [4.78, 5) is 0. The van der Waals surface area contributed by atoms with Gasteiger partial charge >= 0.3 is 0 Å². The normalized spacial score (nSPS) is 25.5. The highest BCUT2D eigenvalue weighted by Crippen LogP contribution is 2.31. The van der Waals surface area contributed by atoms with Crippen molar-refractivity contribution < 1.29 is 0 Å². The molecule has 0 bridgehead atoms. The van der Waals surface area contributed by atoms with Crippen LogP contribution in [-0.2, 0) is 0 Å². The highest BCUT2D eigenvalue weighted by atomic mass is 35.5. The van der Waals surface area contributed by atoms with Gasteiger partial charge in [0.25, 0.3) is 0 Å². The van der Waals surface area contributed by atoms with Gasteiger partial charge in [-0.3, -0.25) is 0 Å². The number of hydrogen-bond donors (Lipinski definition) is 1. The zero-order valence-corrected chi connectivity index (χ0v) is 13.1. The zero-order valence-electron chi connectivity index (χ0n) is 12.3. The summed E-state index contributed by atoms with van der Waals surface area (Å²) in [5.41, 5.74) is 1.33. The van der Waals surface area contributed by atoms with Crippen molar-refractivity contribution in [1.82, 2.24) is 5.32 Å². The summed E-state index contributed by atoms with van der Waals surface area (Å²) < 4.78 is 0. The van der Waals surface area contributed by atoms with Crippen LogP contribution in [0.1, 0.15) is 58.1 Å². The molecule has 1 unspecified atom stereocenters. The summed E-state index contributed by atoms with van der Waals surface area (Å²) in [7, 11) is 0. The van der Waals surface area contributed by atoms with E-state index >= 15 is 0 Å². The van der Waals surface area contributed by atoms with Gasteiger partial charge in [0.1, 0.15) is 0 Å². The average molecular weight is 280 g/mol. The molecule has 0 aliphatic heterocycles. The van der Waals surface area contributed by atoms with Gasteiger partial charge in [-0.05, 0) is 62.1 Å². The van der Waals surface area contributed by atoms with Gasteiger partial charge in [0.05, 0.1) is 0 Å². The van der Waals surface area contributed by atoms with Gasteiger partial charge in [0.2, 0.25) is 0 Å². The monoisotopic (exact) mass is 279 g/mol. The zero-order chi connectivity index (χ0) is 13.8. The van der Waals surface area contributed by atoms with Crippen LogP contribution >= 0.6 is 11.6 Å². The second-order valence-electron chi connectivity index (χ2n) is 6.30. The van der Waals surface area contributed by atoms with Crippen LogP contribution < -0.4 is 5.32 Å². The molecule has 0 amide bonds. The minimum absolute atomic E-state index is 0.415.